The first-order valence-corrected chi connectivity index (χ1v) is 8.93. The summed E-state index contributed by atoms with van der Waals surface area (Å²) < 4.78 is 15.9. The van der Waals surface area contributed by atoms with Crippen LogP contribution in [0.15, 0.2) is 47.8 Å². The van der Waals surface area contributed by atoms with Gasteiger partial charge in [0.25, 0.3) is 0 Å². The molecule has 26 heavy (non-hydrogen) atoms. The Balaban J connectivity index is 1.96. The molecule has 1 N–H and O–H groups in total. The van der Waals surface area contributed by atoms with Gasteiger partial charge in [0.05, 0.1) is 27.0 Å². The van der Waals surface area contributed by atoms with E-state index < -0.39 is 5.60 Å². The van der Waals surface area contributed by atoms with Crippen molar-refractivity contribution in [3.63, 3.8) is 0 Å². The summed E-state index contributed by atoms with van der Waals surface area (Å²) >= 11 is 1.41. The van der Waals surface area contributed by atoms with Crippen molar-refractivity contribution in [2.75, 3.05) is 21.3 Å². The Morgan fingerprint density at radius 1 is 0.962 bits per heavy atom. The zero-order valence-electron chi connectivity index (χ0n) is 15.1. The second kappa shape index (κ2) is 7.35. The van der Waals surface area contributed by atoms with E-state index >= 15 is 0 Å². The molecule has 3 rings (SSSR count). The van der Waals surface area contributed by atoms with Crippen molar-refractivity contribution in [3.05, 3.63) is 58.4 Å². The molecule has 0 spiro atoms. The zero-order chi connectivity index (χ0) is 18.7. The van der Waals surface area contributed by atoms with E-state index in [4.69, 9.17) is 14.2 Å². The van der Waals surface area contributed by atoms with E-state index in [-0.39, 0.29) is 0 Å². The van der Waals surface area contributed by atoms with E-state index in [9.17, 15) is 5.11 Å². The van der Waals surface area contributed by atoms with Gasteiger partial charge in [-0.3, -0.25) is 0 Å². The molecule has 0 aliphatic carbocycles. The third kappa shape index (κ3) is 3.38. The number of methoxy groups -OCH3 is 3. The molecule has 1 heterocycles. The molecule has 1 unspecified atom stereocenters. The summed E-state index contributed by atoms with van der Waals surface area (Å²) in [6.07, 6.45) is 0. The van der Waals surface area contributed by atoms with Crippen LogP contribution in [0.4, 0.5) is 0 Å². The molecule has 3 aromatic rings. The fraction of sp³-hybridized carbons (Fsp3) is 0.250. The van der Waals surface area contributed by atoms with E-state index in [0.29, 0.717) is 22.3 Å². The molecule has 0 amide bonds. The second-order valence-corrected chi connectivity index (χ2v) is 6.77. The van der Waals surface area contributed by atoms with Gasteiger partial charge in [-0.15, -0.1) is 11.3 Å². The van der Waals surface area contributed by atoms with Crippen LogP contribution in [0.25, 0.3) is 11.3 Å². The molecule has 5 nitrogen and oxygen atoms in total. The number of benzene rings is 2. The van der Waals surface area contributed by atoms with Crippen LogP contribution in [0.5, 0.6) is 17.2 Å². The van der Waals surface area contributed by atoms with Crippen molar-refractivity contribution in [1.29, 1.82) is 0 Å². The largest absolute Gasteiger partial charge is 0.497 e. The smallest absolute Gasteiger partial charge is 0.161 e. The van der Waals surface area contributed by atoms with Crippen LogP contribution >= 0.6 is 11.3 Å². The highest BCUT2D eigenvalue weighted by molar-refractivity contribution is 7.10. The number of hydrogen-bond donors (Lipinski definition) is 1. The Kier molecular flexibility index (Phi) is 5.15. The van der Waals surface area contributed by atoms with Gasteiger partial charge >= 0.3 is 0 Å². The van der Waals surface area contributed by atoms with Crippen molar-refractivity contribution < 1.29 is 19.3 Å². The molecular weight excluding hydrogens is 350 g/mol. The van der Waals surface area contributed by atoms with E-state index in [1.54, 1.807) is 28.3 Å². The first-order chi connectivity index (χ1) is 12.5. The van der Waals surface area contributed by atoms with Crippen molar-refractivity contribution >= 4 is 11.3 Å². The number of rotatable bonds is 6. The van der Waals surface area contributed by atoms with Crippen molar-refractivity contribution in [2.24, 2.45) is 0 Å². The van der Waals surface area contributed by atoms with Crippen molar-refractivity contribution in [1.82, 2.24) is 4.98 Å². The molecule has 0 saturated heterocycles. The highest BCUT2D eigenvalue weighted by Crippen LogP contribution is 2.37. The maximum Gasteiger partial charge on any atom is 0.161 e. The molecule has 2 aromatic carbocycles. The van der Waals surface area contributed by atoms with Gasteiger partial charge in [0.2, 0.25) is 0 Å². The van der Waals surface area contributed by atoms with Crippen LogP contribution < -0.4 is 14.2 Å². The normalized spacial score (nSPS) is 13.1. The maximum atomic E-state index is 11.1. The molecular formula is C20H21NO4S. The minimum Gasteiger partial charge on any atom is -0.497 e. The van der Waals surface area contributed by atoms with Gasteiger partial charge in [-0.1, -0.05) is 12.1 Å². The third-order valence-electron chi connectivity index (χ3n) is 4.23. The number of aromatic nitrogens is 1. The van der Waals surface area contributed by atoms with Gasteiger partial charge in [-0.25, -0.2) is 4.98 Å². The Hall–Kier alpha value is -2.57. The van der Waals surface area contributed by atoms with E-state index in [2.05, 4.69) is 4.98 Å². The number of aliphatic hydroxyl groups is 1. The Morgan fingerprint density at radius 2 is 1.73 bits per heavy atom. The lowest BCUT2D eigenvalue weighted by atomic mass is 9.96. The molecule has 1 atom stereocenters. The Labute approximate surface area is 156 Å². The molecule has 0 bridgehead atoms. The fourth-order valence-electron chi connectivity index (χ4n) is 2.67. The predicted molar refractivity (Wildman–Crippen MR) is 102 cm³/mol. The zero-order valence-corrected chi connectivity index (χ0v) is 16.0. The summed E-state index contributed by atoms with van der Waals surface area (Å²) in [6, 6.07) is 13.0. The van der Waals surface area contributed by atoms with Crippen LogP contribution in [0.2, 0.25) is 0 Å². The summed E-state index contributed by atoms with van der Waals surface area (Å²) in [7, 11) is 4.80. The van der Waals surface area contributed by atoms with Crippen LogP contribution in [0, 0.1) is 0 Å². The van der Waals surface area contributed by atoms with Gasteiger partial charge in [0.1, 0.15) is 16.4 Å². The van der Waals surface area contributed by atoms with Crippen molar-refractivity contribution in [2.45, 2.75) is 12.5 Å². The predicted octanol–water partition coefficient (Wildman–Crippen LogP) is 4.09. The maximum absolute atomic E-state index is 11.1. The van der Waals surface area contributed by atoms with E-state index in [1.165, 1.54) is 11.3 Å². The average molecular weight is 371 g/mol. The highest BCUT2D eigenvalue weighted by Gasteiger charge is 2.30. The van der Waals surface area contributed by atoms with Gasteiger partial charge in [0.15, 0.2) is 11.5 Å². The van der Waals surface area contributed by atoms with Gasteiger partial charge in [-0.2, -0.15) is 0 Å². The second-order valence-electron chi connectivity index (χ2n) is 5.91. The lowest BCUT2D eigenvalue weighted by Crippen LogP contribution is -2.22. The minimum absolute atomic E-state index is 0.607. The summed E-state index contributed by atoms with van der Waals surface area (Å²) in [5.74, 6) is 1.99. The molecule has 0 aliphatic rings. The average Bonchev–Trinajstić information content (AvgIpc) is 3.18. The quantitative estimate of drug-likeness (QED) is 0.707. The van der Waals surface area contributed by atoms with Crippen molar-refractivity contribution in [3.8, 4) is 28.5 Å². The van der Waals surface area contributed by atoms with Crippen LogP contribution in [-0.4, -0.2) is 31.4 Å². The highest BCUT2D eigenvalue weighted by atomic mass is 32.1. The van der Waals surface area contributed by atoms with Gasteiger partial charge in [-0.05, 0) is 42.8 Å². The van der Waals surface area contributed by atoms with Crippen LogP contribution in [0.3, 0.4) is 0 Å². The van der Waals surface area contributed by atoms with Gasteiger partial charge < -0.3 is 19.3 Å². The topological polar surface area (TPSA) is 60.8 Å². The summed E-state index contributed by atoms with van der Waals surface area (Å²) in [4.78, 5) is 4.65. The van der Waals surface area contributed by atoms with E-state index in [0.717, 1.165) is 16.8 Å². The number of nitrogens with zero attached hydrogens (tertiary/aromatic N) is 1. The summed E-state index contributed by atoms with van der Waals surface area (Å²) in [5.41, 5.74) is 1.18. The van der Waals surface area contributed by atoms with Gasteiger partial charge in [0, 0.05) is 10.9 Å². The lowest BCUT2D eigenvalue weighted by molar-refractivity contribution is 0.102. The molecule has 0 radical (unpaired) electrons. The molecule has 0 aliphatic heterocycles. The Morgan fingerprint density at radius 3 is 2.42 bits per heavy atom. The van der Waals surface area contributed by atoms with E-state index in [1.807, 2.05) is 47.8 Å². The number of ether oxygens (including phenoxy) is 3. The molecule has 0 saturated carbocycles. The third-order valence-corrected chi connectivity index (χ3v) is 5.28. The summed E-state index contributed by atoms with van der Waals surface area (Å²) in [6.45, 7) is 1.74. The first kappa shape index (κ1) is 18.2. The summed E-state index contributed by atoms with van der Waals surface area (Å²) in [5, 5.41) is 13.6. The Bertz CT molecular complexity index is 904. The number of thiazole rings is 1. The first-order valence-electron chi connectivity index (χ1n) is 8.05. The molecule has 6 heteroatoms. The SMILES string of the molecule is COc1cccc(C(C)(O)c2nc(-c3ccc(OC)c(OC)c3)cs2)c1. The fourth-order valence-corrected chi connectivity index (χ4v) is 3.59. The number of hydrogen-bond acceptors (Lipinski definition) is 6. The van der Waals surface area contributed by atoms with Crippen LogP contribution in [0.1, 0.15) is 17.5 Å². The molecule has 136 valence electrons. The molecule has 0 fully saturated rings. The monoisotopic (exact) mass is 371 g/mol. The van der Waals surface area contributed by atoms with Crippen LogP contribution in [-0.2, 0) is 5.60 Å². The standard InChI is InChI=1S/C20H21NO4S/c1-20(22,14-6-5-7-15(11-14)23-2)19-21-16(12-26-19)13-8-9-17(24-3)18(10-13)25-4/h5-12,22H,1-4H3. The lowest BCUT2D eigenvalue weighted by Gasteiger charge is -2.21. The molecule has 1 aromatic heterocycles. The minimum atomic E-state index is -1.21.